The minimum absolute atomic E-state index is 0.156. The number of furan rings is 1. The molecule has 0 aliphatic heterocycles. The summed E-state index contributed by atoms with van der Waals surface area (Å²) in [4.78, 5) is 23.3. The van der Waals surface area contributed by atoms with Crippen LogP contribution in [0.4, 0.5) is 5.69 Å². The average Bonchev–Trinajstić information content (AvgIpc) is 3.05. The van der Waals surface area contributed by atoms with Crippen LogP contribution in [-0.4, -0.2) is 11.8 Å². The van der Waals surface area contributed by atoms with Crippen LogP contribution < -0.4 is 11.1 Å². The summed E-state index contributed by atoms with van der Waals surface area (Å²) in [7, 11) is 0. The second-order valence-corrected chi connectivity index (χ2v) is 5.45. The summed E-state index contributed by atoms with van der Waals surface area (Å²) in [5.74, 6) is -0.262. The van der Waals surface area contributed by atoms with Gasteiger partial charge in [0.1, 0.15) is 5.76 Å². The van der Waals surface area contributed by atoms with Crippen molar-refractivity contribution in [3.8, 4) is 11.3 Å². The first-order valence-corrected chi connectivity index (χ1v) is 7.48. The van der Waals surface area contributed by atoms with Crippen molar-refractivity contribution in [2.45, 2.75) is 0 Å². The highest BCUT2D eigenvalue weighted by molar-refractivity contribution is 6.33. The van der Waals surface area contributed by atoms with E-state index in [0.29, 0.717) is 27.6 Å². The molecule has 1 aromatic heterocycles. The lowest BCUT2D eigenvalue weighted by atomic mass is 10.2. The summed E-state index contributed by atoms with van der Waals surface area (Å²) in [5, 5.41) is 3.23. The number of halogens is 1. The number of carbonyl (C=O) groups excluding carboxylic acids is 2. The van der Waals surface area contributed by atoms with Crippen molar-refractivity contribution in [3.05, 3.63) is 77.0 Å². The zero-order chi connectivity index (χ0) is 17.1. The van der Waals surface area contributed by atoms with E-state index in [1.54, 1.807) is 30.3 Å². The topological polar surface area (TPSA) is 85.3 Å². The lowest BCUT2D eigenvalue weighted by Crippen LogP contribution is -2.12. The number of nitrogens with one attached hydrogen (secondary N) is 1. The van der Waals surface area contributed by atoms with Crippen LogP contribution in [0.15, 0.2) is 65.1 Å². The van der Waals surface area contributed by atoms with Gasteiger partial charge in [0.15, 0.2) is 5.76 Å². The molecule has 3 aromatic rings. The molecule has 5 nitrogen and oxygen atoms in total. The van der Waals surface area contributed by atoms with E-state index < -0.39 is 11.8 Å². The number of primary amides is 1. The molecule has 0 fully saturated rings. The van der Waals surface area contributed by atoms with Gasteiger partial charge in [-0.3, -0.25) is 9.59 Å². The summed E-state index contributed by atoms with van der Waals surface area (Å²) < 4.78 is 5.58. The number of benzene rings is 2. The third-order valence-electron chi connectivity index (χ3n) is 3.40. The molecular weight excluding hydrogens is 328 g/mol. The van der Waals surface area contributed by atoms with Crippen molar-refractivity contribution in [1.29, 1.82) is 0 Å². The molecule has 0 unspecified atom stereocenters. The van der Waals surface area contributed by atoms with Crippen LogP contribution in [0.3, 0.4) is 0 Å². The molecule has 6 heteroatoms. The van der Waals surface area contributed by atoms with E-state index in [2.05, 4.69) is 5.32 Å². The number of amides is 2. The van der Waals surface area contributed by atoms with E-state index in [-0.39, 0.29) is 5.76 Å². The Bertz CT molecular complexity index is 901. The summed E-state index contributed by atoms with van der Waals surface area (Å²) in [6, 6.07) is 16.7. The number of hydrogen-bond donors (Lipinski definition) is 2. The van der Waals surface area contributed by atoms with Crippen LogP contribution in [0, 0.1) is 0 Å². The molecule has 3 rings (SSSR count). The van der Waals surface area contributed by atoms with Crippen molar-refractivity contribution in [1.82, 2.24) is 0 Å². The normalized spacial score (nSPS) is 10.4. The summed E-state index contributed by atoms with van der Waals surface area (Å²) >= 11 is 6.12. The Kier molecular flexibility index (Phi) is 4.35. The van der Waals surface area contributed by atoms with E-state index in [0.717, 1.165) is 0 Å². The Labute approximate surface area is 143 Å². The van der Waals surface area contributed by atoms with E-state index in [9.17, 15) is 9.59 Å². The van der Waals surface area contributed by atoms with Gasteiger partial charge >= 0.3 is 0 Å². The number of anilines is 1. The van der Waals surface area contributed by atoms with Gasteiger partial charge in [0.2, 0.25) is 5.91 Å². The summed E-state index contributed by atoms with van der Waals surface area (Å²) in [6.07, 6.45) is 0. The van der Waals surface area contributed by atoms with Crippen LogP contribution in [0.25, 0.3) is 11.3 Å². The number of rotatable bonds is 4. The van der Waals surface area contributed by atoms with Crippen LogP contribution >= 0.6 is 11.6 Å². The molecule has 0 aliphatic rings. The van der Waals surface area contributed by atoms with Crippen LogP contribution in [0.5, 0.6) is 0 Å². The van der Waals surface area contributed by atoms with Gasteiger partial charge in [0.25, 0.3) is 5.91 Å². The molecular formula is C18H13ClN2O3. The van der Waals surface area contributed by atoms with Gasteiger partial charge in [0.05, 0.1) is 5.02 Å². The van der Waals surface area contributed by atoms with E-state index in [1.165, 1.54) is 12.1 Å². The highest BCUT2D eigenvalue weighted by Crippen LogP contribution is 2.29. The van der Waals surface area contributed by atoms with Gasteiger partial charge in [0, 0.05) is 16.8 Å². The van der Waals surface area contributed by atoms with Crippen molar-refractivity contribution in [2.75, 3.05) is 5.32 Å². The maximum atomic E-state index is 12.2. The van der Waals surface area contributed by atoms with E-state index in [4.69, 9.17) is 21.8 Å². The maximum Gasteiger partial charge on any atom is 0.291 e. The minimum Gasteiger partial charge on any atom is -0.451 e. The molecule has 0 radical (unpaired) electrons. The lowest BCUT2D eigenvalue weighted by Gasteiger charge is -2.04. The van der Waals surface area contributed by atoms with Crippen molar-refractivity contribution in [2.24, 2.45) is 5.73 Å². The highest BCUT2D eigenvalue weighted by atomic mass is 35.5. The van der Waals surface area contributed by atoms with Gasteiger partial charge in [-0.2, -0.15) is 0 Å². The van der Waals surface area contributed by atoms with Crippen LogP contribution in [0.2, 0.25) is 5.02 Å². The van der Waals surface area contributed by atoms with Gasteiger partial charge in [-0.1, -0.05) is 23.7 Å². The largest absolute Gasteiger partial charge is 0.451 e. The first-order chi connectivity index (χ1) is 11.5. The van der Waals surface area contributed by atoms with Gasteiger partial charge in [-0.05, 0) is 48.5 Å². The van der Waals surface area contributed by atoms with Crippen molar-refractivity contribution in [3.63, 3.8) is 0 Å². The average molecular weight is 341 g/mol. The zero-order valence-electron chi connectivity index (χ0n) is 12.5. The van der Waals surface area contributed by atoms with Crippen LogP contribution in [0.1, 0.15) is 20.9 Å². The Morgan fingerprint density at radius 2 is 1.67 bits per heavy atom. The molecule has 24 heavy (non-hydrogen) atoms. The minimum atomic E-state index is -0.525. The monoisotopic (exact) mass is 340 g/mol. The molecule has 2 aromatic carbocycles. The Balaban J connectivity index is 1.76. The summed E-state index contributed by atoms with van der Waals surface area (Å²) in [6.45, 7) is 0. The second-order valence-electron chi connectivity index (χ2n) is 5.04. The standard InChI is InChI=1S/C18H13ClN2O3/c19-14-4-2-1-3-13(14)15-9-10-16(24-15)18(23)21-12-7-5-11(6-8-12)17(20)22/h1-10H,(H2,20,22)(H,21,23). The molecule has 0 saturated carbocycles. The first kappa shape index (κ1) is 15.8. The Hall–Kier alpha value is -3.05. The summed E-state index contributed by atoms with van der Waals surface area (Å²) in [5.41, 5.74) is 6.78. The maximum absolute atomic E-state index is 12.2. The third-order valence-corrected chi connectivity index (χ3v) is 3.73. The highest BCUT2D eigenvalue weighted by Gasteiger charge is 2.14. The fourth-order valence-electron chi connectivity index (χ4n) is 2.18. The molecule has 0 saturated heterocycles. The zero-order valence-corrected chi connectivity index (χ0v) is 13.2. The van der Waals surface area contributed by atoms with Crippen molar-refractivity contribution < 1.29 is 14.0 Å². The number of hydrogen-bond acceptors (Lipinski definition) is 3. The fraction of sp³-hybridized carbons (Fsp3) is 0. The molecule has 2 amide bonds. The second kappa shape index (κ2) is 6.60. The number of nitrogens with two attached hydrogens (primary N) is 1. The number of carbonyl (C=O) groups is 2. The fourth-order valence-corrected chi connectivity index (χ4v) is 2.41. The van der Waals surface area contributed by atoms with E-state index >= 15 is 0 Å². The van der Waals surface area contributed by atoms with Crippen molar-refractivity contribution >= 4 is 29.1 Å². The first-order valence-electron chi connectivity index (χ1n) is 7.10. The van der Waals surface area contributed by atoms with E-state index in [1.807, 2.05) is 18.2 Å². The predicted octanol–water partition coefficient (Wildman–Crippen LogP) is 3.95. The van der Waals surface area contributed by atoms with Gasteiger partial charge in [-0.25, -0.2) is 0 Å². The third kappa shape index (κ3) is 3.31. The Morgan fingerprint density at radius 1 is 0.958 bits per heavy atom. The molecule has 120 valence electrons. The smallest absolute Gasteiger partial charge is 0.291 e. The molecule has 0 bridgehead atoms. The van der Waals surface area contributed by atoms with Gasteiger partial charge < -0.3 is 15.5 Å². The SMILES string of the molecule is NC(=O)c1ccc(NC(=O)c2ccc(-c3ccccc3Cl)o2)cc1. The van der Waals surface area contributed by atoms with Crippen LogP contribution in [-0.2, 0) is 0 Å². The molecule has 1 heterocycles. The molecule has 0 aliphatic carbocycles. The van der Waals surface area contributed by atoms with Gasteiger partial charge in [-0.15, -0.1) is 0 Å². The Morgan fingerprint density at radius 3 is 2.33 bits per heavy atom. The predicted molar refractivity (Wildman–Crippen MR) is 92.1 cm³/mol. The lowest BCUT2D eigenvalue weighted by molar-refractivity contribution is 0.0992. The molecule has 0 spiro atoms. The molecule has 0 atom stereocenters. The molecule has 3 N–H and O–H groups in total. The quantitative estimate of drug-likeness (QED) is 0.754.